The zero-order valence-electron chi connectivity index (χ0n) is 9.38. The molecule has 0 bridgehead atoms. The second-order valence-electron chi connectivity index (χ2n) is 3.45. The molecule has 0 aliphatic heterocycles. The number of nitrogens with one attached hydrogen (secondary N) is 1. The summed E-state index contributed by atoms with van der Waals surface area (Å²) in [7, 11) is 1.77. The first-order chi connectivity index (χ1) is 8.61. The zero-order chi connectivity index (χ0) is 13.1. The van der Waals surface area contributed by atoms with Gasteiger partial charge in [0, 0.05) is 6.54 Å². The van der Waals surface area contributed by atoms with Gasteiger partial charge in [0.15, 0.2) is 5.01 Å². The van der Waals surface area contributed by atoms with Gasteiger partial charge in [0.25, 0.3) is 5.69 Å². The highest BCUT2D eigenvalue weighted by atomic mass is 32.1. The van der Waals surface area contributed by atoms with E-state index < -0.39 is 10.7 Å². The molecule has 0 aliphatic rings. The van der Waals surface area contributed by atoms with Crippen LogP contribution in [0.15, 0.2) is 18.2 Å². The van der Waals surface area contributed by atoms with E-state index in [1.807, 2.05) is 0 Å². The van der Waals surface area contributed by atoms with Gasteiger partial charge in [0.1, 0.15) is 10.8 Å². The first kappa shape index (κ1) is 12.5. The first-order valence-electron chi connectivity index (χ1n) is 5.03. The highest BCUT2D eigenvalue weighted by Gasteiger charge is 2.19. The van der Waals surface area contributed by atoms with E-state index in [4.69, 9.17) is 0 Å². The Kier molecular flexibility index (Phi) is 3.58. The summed E-state index contributed by atoms with van der Waals surface area (Å²) in [5, 5.41) is 22.7. The molecule has 2 aromatic rings. The minimum absolute atomic E-state index is 0.279. The van der Waals surface area contributed by atoms with Crippen LogP contribution in [-0.2, 0) is 6.54 Å². The van der Waals surface area contributed by atoms with Gasteiger partial charge < -0.3 is 5.32 Å². The minimum Gasteiger partial charge on any atom is -0.313 e. The molecule has 2 rings (SSSR count). The van der Waals surface area contributed by atoms with Crippen LogP contribution in [0.1, 0.15) is 5.01 Å². The molecule has 0 spiro atoms. The monoisotopic (exact) mass is 268 g/mol. The number of hydrogen-bond donors (Lipinski definition) is 1. The third-order valence-electron chi connectivity index (χ3n) is 2.18. The molecule has 18 heavy (non-hydrogen) atoms. The predicted octanol–water partition coefficient (Wildman–Crippen LogP) is 1.97. The van der Waals surface area contributed by atoms with Crippen LogP contribution in [0.2, 0.25) is 0 Å². The predicted molar refractivity (Wildman–Crippen MR) is 64.7 cm³/mol. The Bertz CT molecular complexity index is 587. The van der Waals surface area contributed by atoms with Crippen molar-refractivity contribution in [2.45, 2.75) is 6.54 Å². The van der Waals surface area contributed by atoms with Crippen LogP contribution in [0.4, 0.5) is 10.1 Å². The molecule has 1 N–H and O–H groups in total. The van der Waals surface area contributed by atoms with E-state index in [9.17, 15) is 14.5 Å². The molecule has 6 nitrogen and oxygen atoms in total. The molecule has 94 valence electrons. The highest BCUT2D eigenvalue weighted by Crippen LogP contribution is 2.32. The molecule has 0 aliphatic carbocycles. The van der Waals surface area contributed by atoms with Crippen molar-refractivity contribution < 1.29 is 9.31 Å². The van der Waals surface area contributed by atoms with E-state index >= 15 is 0 Å². The second-order valence-corrected chi connectivity index (χ2v) is 4.51. The van der Waals surface area contributed by atoms with Gasteiger partial charge >= 0.3 is 0 Å². The molecule has 0 amide bonds. The number of aromatic nitrogens is 2. The normalized spacial score (nSPS) is 10.6. The summed E-state index contributed by atoms with van der Waals surface area (Å²) in [5.41, 5.74) is -0.0246. The van der Waals surface area contributed by atoms with Crippen LogP contribution in [0.5, 0.6) is 0 Å². The Hall–Kier alpha value is -1.93. The maximum atomic E-state index is 13.0. The lowest BCUT2D eigenvalue weighted by Gasteiger charge is -1.98. The largest absolute Gasteiger partial charge is 0.313 e. The molecule has 0 saturated carbocycles. The Labute approximate surface area is 106 Å². The number of rotatable bonds is 4. The molecule has 0 radical (unpaired) electrons. The summed E-state index contributed by atoms with van der Waals surface area (Å²) in [6.45, 7) is 0.534. The van der Waals surface area contributed by atoms with Crippen molar-refractivity contribution in [1.29, 1.82) is 0 Å². The quantitative estimate of drug-likeness (QED) is 0.677. The number of hydrogen-bond acceptors (Lipinski definition) is 6. The van der Waals surface area contributed by atoms with E-state index in [1.54, 1.807) is 7.05 Å². The van der Waals surface area contributed by atoms with E-state index in [0.29, 0.717) is 16.6 Å². The number of halogens is 1. The Morgan fingerprint density at radius 2 is 2.28 bits per heavy atom. The van der Waals surface area contributed by atoms with Crippen molar-refractivity contribution in [3.8, 4) is 10.6 Å². The van der Waals surface area contributed by atoms with Gasteiger partial charge in [-0.15, -0.1) is 10.2 Å². The van der Waals surface area contributed by atoms with E-state index in [-0.39, 0.29) is 11.3 Å². The number of benzene rings is 1. The Balaban J connectivity index is 2.45. The fourth-order valence-electron chi connectivity index (χ4n) is 1.42. The number of nitro benzene ring substituents is 1. The Morgan fingerprint density at radius 3 is 2.94 bits per heavy atom. The lowest BCUT2D eigenvalue weighted by Crippen LogP contribution is -2.04. The van der Waals surface area contributed by atoms with Crippen molar-refractivity contribution in [2.75, 3.05) is 7.05 Å². The molecule has 1 aromatic carbocycles. The third-order valence-corrected chi connectivity index (χ3v) is 3.14. The topological polar surface area (TPSA) is 81.0 Å². The molecule has 0 atom stereocenters. The van der Waals surface area contributed by atoms with E-state index in [0.717, 1.165) is 6.07 Å². The van der Waals surface area contributed by atoms with Gasteiger partial charge in [0.2, 0.25) is 0 Å². The standard InChI is InChI=1S/C10H9FN4O2S/c1-12-5-9-13-14-10(18-9)7-3-2-6(11)4-8(7)15(16)17/h2-4,12H,5H2,1H3. The number of nitrogens with zero attached hydrogens (tertiary/aromatic N) is 3. The lowest BCUT2D eigenvalue weighted by atomic mass is 10.2. The zero-order valence-corrected chi connectivity index (χ0v) is 10.2. The van der Waals surface area contributed by atoms with Gasteiger partial charge in [-0.05, 0) is 19.2 Å². The van der Waals surface area contributed by atoms with Crippen LogP contribution >= 0.6 is 11.3 Å². The van der Waals surface area contributed by atoms with Crippen molar-refractivity contribution in [3.05, 3.63) is 39.1 Å². The van der Waals surface area contributed by atoms with Gasteiger partial charge in [-0.25, -0.2) is 4.39 Å². The van der Waals surface area contributed by atoms with E-state index in [1.165, 1.54) is 23.5 Å². The van der Waals surface area contributed by atoms with Crippen LogP contribution in [0.25, 0.3) is 10.6 Å². The second kappa shape index (κ2) is 5.15. The molecule has 0 fully saturated rings. The molecule has 1 heterocycles. The fraction of sp³-hybridized carbons (Fsp3) is 0.200. The molecule has 0 unspecified atom stereocenters. The van der Waals surface area contributed by atoms with Gasteiger partial charge in [-0.1, -0.05) is 11.3 Å². The van der Waals surface area contributed by atoms with Crippen molar-refractivity contribution in [2.24, 2.45) is 0 Å². The van der Waals surface area contributed by atoms with Crippen LogP contribution in [0.3, 0.4) is 0 Å². The summed E-state index contributed by atoms with van der Waals surface area (Å²) < 4.78 is 13.0. The van der Waals surface area contributed by atoms with Crippen molar-refractivity contribution in [3.63, 3.8) is 0 Å². The van der Waals surface area contributed by atoms with Gasteiger partial charge in [-0.3, -0.25) is 10.1 Å². The van der Waals surface area contributed by atoms with Crippen molar-refractivity contribution in [1.82, 2.24) is 15.5 Å². The minimum atomic E-state index is -0.648. The summed E-state index contributed by atoms with van der Waals surface area (Å²) >= 11 is 1.24. The molecule has 0 saturated heterocycles. The Morgan fingerprint density at radius 1 is 1.50 bits per heavy atom. The molecule has 1 aromatic heterocycles. The summed E-state index contributed by atoms with van der Waals surface area (Å²) in [5.74, 6) is -0.648. The lowest BCUT2D eigenvalue weighted by molar-refractivity contribution is -0.384. The first-order valence-corrected chi connectivity index (χ1v) is 5.84. The molecular formula is C10H9FN4O2S. The maximum absolute atomic E-state index is 13.0. The van der Waals surface area contributed by atoms with Crippen LogP contribution in [0, 0.1) is 15.9 Å². The van der Waals surface area contributed by atoms with Crippen LogP contribution in [-0.4, -0.2) is 22.2 Å². The SMILES string of the molecule is CNCc1nnc(-c2ccc(F)cc2[N+](=O)[O-])s1. The smallest absolute Gasteiger partial charge is 0.282 e. The maximum Gasteiger partial charge on any atom is 0.282 e. The molecule has 8 heteroatoms. The summed E-state index contributed by atoms with van der Waals surface area (Å²) in [6, 6.07) is 3.40. The van der Waals surface area contributed by atoms with E-state index in [2.05, 4.69) is 15.5 Å². The summed E-state index contributed by atoms with van der Waals surface area (Å²) in [6.07, 6.45) is 0. The van der Waals surface area contributed by atoms with Crippen molar-refractivity contribution >= 4 is 17.0 Å². The van der Waals surface area contributed by atoms with Crippen LogP contribution < -0.4 is 5.32 Å². The highest BCUT2D eigenvalue weighted by molar-refractivity contribution is 7.14. The third kappa shape index (κ3) is 2.49. The van der Waals surface area contributed by atoms with Gasteiger partial charge in [-0.2, -0.15) is 0 Å². The fourth-order valence-corrected chi connectivity index (χ4v) is 2.31. The average Bonchev–Trinajstić information content (AvgIpc) is 2.78. The summed E-state index contributed by atoms with van der Waals surface area (Å²) in [4.78, 5) is 10.2. The van der Waals surface area contributed by atoms with Gasteiger partial charge in [0.05, 0.1) is 16.6 Å². The average molecular weight is 268 g/mol. The number of nitro groups is 1. The molecular weight excluding hydrogens is 259 g/mol.